The fraction of sp³-hybridized carbons (Fsp3) is 0.214. The Hall–Kier alpha value is -4.44. The molecular formula is C28H26N2O5. The Morgan fingerprint density at radius 3 is 2.49 bits per heavy atom. The van der Waals surface area contributed by atoms with Gasteiger partial charge in [0.05, 0.1) is 12.5 Å². The molecule has 1 atom stereocenters. The quantitative estimate of drug-likeness (QED) is 0.371. The molecule has 1 aliphatic rings. The number of nitrogens with two attached hydrogens (primary N) is 1. The van der Waals surface area contributed by atoms with Crippen molar-refractivity contribution >= 4 is 5.97 Å². The third-order valence-corrected chi connectivity index (χ3v) is 5.61. The SMILES string of the molecule is CCOc1cccc(C2C(C#N)=C(N)Oc3cc(OC(=O)COc4ccc(CC)cc4)ccc32)c1. The molecule has 0 saturated heterocycles. The molecule has 35 heavy (non-hydrogen) atoms. The zero-order valence-electron chi connectivity index (χ0n) is 19.6. The minimum absolute atomic E-state index is 0.00847. The smallest absolute Gasteiger partial charge is 0.349 e. The molecule has 0 aliphatic carbocycles. The molecule has 0 fully saturated rings. The lowest BCUT2D eigenvalue weighted by Crippen LogP contribution is -2.21. The summed E-state index contributed by atoms with van der Waals surface area (Å²) < 4.78 is 22.3. The molecule has 7 heteroatoms. The molecule has 4 rings (SSSR count). The molecule has 0 saturated carbocycles. The van der Waals surface area contributed by atoms with Gasteiger partial charge in [-0.05, 0) is 54.8 Å². The number of allylic oxidation sites excluding steroid dienone is 1. The van der Waals surface area contributed by atoms with Crippen LogP contribution in [-0.2, 0) is 11.2 Å². The lowest BCUT2D eigenvalue weighted by molar-refractivity contribution is -0.136. The maximum Gasteiger partial charge on any atom is 0.349 e. The summed E-state index contributed by atoms with van der Waals surface area (Å²) in [4.78, 5) is 12.3. The van der Waals surface area contributed by atoms with E-state index in [1.54, 1.807) is 18.2 Å². The highest BCUT2D eigenvalue weighted by Gasteiger charge is 2.31. The predicted octanol–water partition coefficient (Wildman–Crippen LogP) is 4.85. The van der Waals surface area contributed by atoms with Crippen molar-refractivity contribution in [2.45, 2.75) is 26.2 Å². The van der Waals surface area contributed by atoms with Crippen molar-refractivity contribution in [3.8, 4) is 29.1 Å². The highest BCUT2D eigenvalue weighted by atomic mass is 16.6. The number of hydrogen-bond acceptors (Lipinski definition) is 7. The molecule has 0 aromatic heterocycles. The minimum atomic E-state index is -0.553. The Morgan fingerprint density at radius 1 is 1.00 bits per heavy atom. The molecule has 1 heterocycles. The van der Waals surface area contributed by atoms with E-state index in [1.807, 2.05) is 55.5 Å². The number of carbonyl (C=O) groups excluding carboxylic acids is 1. The van der Waals surface area contributed by atoms with Crippen molar-refractivity contribution in [3.05, 3.63) is 94.9 Å². The second kappa shape index (κ2) is 10.7. The molecule has 0 radical (unpaired) electrons. The molecule has 2 N–H and O–H groups in total. The summed E-state index contributed by atoms with van der Waals surface area (Å²) in [5, 5.41) is 9.76. The number of fused-ring (bicyclic) bond motifs is 1. The van der Waals surface area contributed by atoms with Gasteiger partial charge in [0.1, 0.15) is 34.6 Å². The van der Waals surface area contributed by atoms with Crippen LogP contribution in [0.2, 0.25) is 0 Å². The minimum Gasteiger partial charge on any atom is -0.494 e. The summed E-state index contributed by atoms with van der Waals surface area (Å²) in [6, 6.07) is 22.2. The Kier molecular flexibility index (Phi) is 7.22. The van der Waals surface area contributed by atoms with Crippen molar-refractivity contribution in [2.75, 3.05) is 13.2 Å². The van der Waals surface area contributed by atoms with Crippen LogP contribution in [0.3, 0.4) is 0 Å². The first-order valence-corrected chi connectivity index (χ1v) is 11.4. The molecular weight excluding hydrogens is 444 g/mol. The summed E-state index contributed by atoms with van der Waals surface area (Å²) in [5.41, 5.74) is 9.15. The number of aryl methyl sites for hydroxylation is 1. The number of esters is 1. The van der Waals surface area contributed by atoms with Gasteiger partial charge in [-0.25, -0.2) is 4.79 Å². The van der Waals surface area contributed by atoms with Crippen LogP contribution in [0.4, 0.5) is 0 Å². The van der Waals surface area contributed by atoms with E-state index in [0.29, 0.717) is 29.4 Å². The Bertz CT molecular complexity index is 1290. The average molecular weight is 471 g/mol. The number of rotatable bonds is 8. The Balaban J connectivity index is 1.52. The van der Waals surface area contributed by atoms with Crippen LogP contribution in [0.5, 0.6) is 23.0 Å². The fourth-order valence-electron chi connectivity index (χ4n) is 3.92. The van der Waals surface area contributed by atoms with E-state index >= 15 is 0 Å². The van der Waals surface area contributed by atoms with Crippen LogP contribution in [0, 0.1) is 11.3 Å². The molecule has 1 aliphatic heterocycles. The Morgan fingerprint density at radius 2 is 1.77 bits per heavy atom. The van der Waals surface area contributed by atoms with Crippen molar-refractivity contribution in [1.29, 1.82) is 5.26 Å². The summed E-state index contributed by atoms with van der Waals surface area (Å²) in [6.07, 6.45) is 0.928. The zero-order chi connectivity index (χ0) is 24.8. The van der Waals surface area contributed by atoms with Crippen LogP contribution >= 0.6 is 0 Å². The van der Waals surface area contributed by atoms with Crippen LogP contribution in [-0.4, -0.2) is 19.2 Å². The third-order valence-electron chi connectivity index (χ3n) is 5.61. The predicted molar refractivity (Wildman–Crippen MR) is 130 cm³/mol. The van der Waals surface area contributed by atoms with Gasteiger partial charge in [0.15, 0.2) is 6.61 Å². The lowest BCUT2D eigenvalue weighted by atomic mass is 9.83. The van der Waals surface area contributed by atoms with Gasteiger partial charge in [0.2, 0.25) is 5.88 Å². The van der Waals surface area contributed by atoms with Crippen molar-refractivity contribution in [2.24, 2.45) is 5.73 Å². The highest BCUT2D eigenvalue weighted by molar-refractivity contribution is 5.74. The van der Waals surface area contributed by atoms with Gasteiger partial charge in [0, 0.05) is 11.6 Å². The molecule has 3 aromatic carbocycles. The van der Waals surface area contributed by atoms with E-state index in [4.69, 9.17) is 24.7 Å². The first kappa shape index (κ1) is 23.7. The van der Waals surface area contributed by atoms with E-state index in [2.05, 4.69) is 13.0 Å². The molecule has 0 spiro atoms. The largest absolute Gasteiger partial charge is 0.494 e. The standard InChI is InChI=1S/C28H26N2O5/c1-3-18-8-10-20(11-9-18)33-17-26(31)34-22-12-13-23-25(15-22)35-28(30)24(16-29)27(23)19-6-5-7-21(14-19)32-4-2/h5-15,27H,3-4,17,30H2,1-2H3. The summed E-state index contributed by atoms with van der Waals surface area (Å²) in [5.74, 6) is 0.999. The lowest BCUT2D eigenvalue weighted by Gasteiger charge is -2.27. The van der Waals surface area contributed by atoms with Gasteiger partial charge >= 0.3 is 5.97 Å². The fourth-order valence-corrected chi connectivity index (χ4v) is 3.92. The topological polar surface area (TPSA) is 104 Å². The number of ether oxygens (including phenoxy) is 4. The average Bonchev–Trinajstić information content (AvgIpc) is 2.87. The van der Waals surface area contributed by atoms with Gasteiger partial charge in [-0.3, -0.25) is 0 Å². The second-order valence-electron chi connectivity index (χ2n) is 7.89. The first-order valence-electron chi connectivity index (χ1n) is 11.4. The van der Waals surface area contributed by atoms with Crippen LogP contribution < -0.4 is 24.7 Å². The molecule has 3 aromatic rings. The van der Waals surface area contributed by atoms with E-state index in [9.17, 15) is 10.1 Å². The number of nitrogens with zero attached hydrogens (tertiary/aromatic N) is 1. The number of nitriles is 1. The van der Waals surface area contributed by atoms with Crippen molar-refractivity contribution in [1.82, 2.24) is 0 Å². The summed E-state index contributed by atoms with van der Waals surface area (Å²) >= 11 is 0. The van der Waals surface area contributed by atoms with Gasteiger partial charge in [-0.15, -0.1) is 0 Å². The van der Waals surface area contributed by atoms with Crippen molar-refractivity contribution < 1.29 is 23.7 Å². The van der Waals surface area contributed by atoms with Gasteiger partial charge in [-0.2, -0.15) is 5.26 Å². The monoisotopic (exact) mass is 470 g/mol. The molecule has 7 nitrogen and oxygen atoms in total. The van der Waals surface area contributed by atoms with E-state index in [0.717, 1.165) is 17.5 Å². The molecule has 0 amide bonds. The van der Waals surface area contributed by atoms with Crippen molar-refractivity contribution in [3.63, 3.8) is 0 Å². The second-order valence-corrected chi connectivity index (χ2v) is 7.89. The highest BCUT2D eigenvalue weighted by Crippen LogP contribution is 2.44. The Labute approximate surface area is 204 Å². The molecule has 1 unspecified atom stereocenters. The first-order chi connectivity index (χ1) is 17.0. The van der Waals surface area contributed by atoms with Crippen LogP contribution in [0.15, 0.2) is 78.2 Å². The number of benzene rings is 3. The summed E-state index contributed by atoms with van der Waals surface area (Å²) in [6.45, 7) is 4.27. The number of carbonyl (C=O) groups is 1. The molecule has 178 valence electrons. The van der Waals surface area contributed by atoms with E-state index < -0.39 is 11.9 Å². The molecule has 0 bridgehead atoms. The normalized spacial score (nSPS) is 14.4. The summed E-state index contributed by atoms with van der Waals surface area (Å²) in [7, 11) is 0. The van der Waals surface area contributed by atoms with Crippen LogP contribution in [0.25, 0.3) is 0 Å². The van der Waals surface area contributed by atoms with Gasteiger partial charge in [-0.1, -0.05) is 37.3 Å². The third kappa shape index (κ3) is 5.39. The van der Waals surface area contributed by atoms with E-state index in [-0.39, 0.29) is 18.2 Å². The number of hydrogen-bond donors (Lipinski definition) is 1. The zero-order valence-corrected chi connectivity index (χ0v) is 19.6. The van der Waals surface area contributed by atoms with Gasteiger partial charge < -0.3 is 24.7 Å². The van der Waals surface area contributed by atoms with Gasteiger partial charge in [0.25, 0.3) is 0 Å². The van der Waals surface area contributed by atoms with E-state index in [1.165, 1.54) is 5.56 Å². The maximum atomic E-state index is 12.3. The maximum absolute atomic E-state index is 12.3. The van der Waals surface area contributed by atoms with Crippen LogP contribution in [0.1, 0.15) is 36.5 Å².